The lowest BCUT2D eigenvalue weighted by molar-refractivity contribution is 0.0818. The Morgan fingerprint density at radius 3 is 2.88 bits per heavy atom. The van der Waals surface area contributed by atoms with Crippen LogP contribution in [0, 0.1) is 6.92 Å². The van der Waals surface area contributed by atoms with E-state index in [9.17, 15) is 4.79 Å². The number of amides is 1. The van der Waals surface area contributed by atoms with Gasteiger partial charge in [-0.05, 0) is 39.3 Å². The molecule has 0 unspecified atom stereocenters. The SMILES string of the molecule is Cc1cc(C(=O)N(C)C)nc([C@]2(C)CCCN2Cc2cnc[nH]2)n1. The molecule has 24 heavy (non-hydrogen) atoms. The average molecular weight is 328 g/mol. The van der Waals surface area contributed by atoms with E-state index < -0.39 is 0 Å². The second-order valence-electron chi connectivity index (χ2n) is 6.79. The van der Waals surface area contributed by atoms with Gasteiger partial charge in [0.15, 0.2) is 0 Å². The highest BCUT2D eigenvalue weighted by Gasteiger charge is 2.41. The quantitative estimate of drug-likeness (QED) is 0.924. The molecule has 3 rings (SSSR count). The molecule has 1 aliphatic heterocycles. The van der Waals surface area contributed by atoms with Crippen molar-refractivity contribution in [3.05, 3.63) is 41.5 Å². The van der Waals surface area contributed by atoms with Gasteiger partial charge in [-0.15, -0.1) is 0 Å². The summed E-state index contributed by atoms with van der Waals surface area (Å²) >= 11 is 0. The Labute approximate surface area is 142 Å². The molecule has 7 nitrogen and oxygen atoms in total. The minimum atomic E-state index is -0.279. The van der Waals surface area contributed by atoms with Crippen LogP contribution in [0.2, 0.25) is 0 Å². The van der Waals surface area contributed by atoms with Gasteiger partial charge in [-0.25, -0.2) is 15.0 Å². The van der Waals surface area contributed by atoms with Crippen LogP contribution in [0.15, 0.2) is 18.6 Å². The lowest BCUT2D eigenvalue weighted by Gasteiger charge is -2.34. The lowest BCUT2D eigenvalue weighted by Crippen LogP contribution is -2.40. The number of hydrogen-bond acceptors (Lipinski definition) is 5. The first-order valence-corrected chi connectivity index (χ1v) is 8.20. The molecule has 1 fully saturated rings. The molecule has 2 aromatic heterocycles. The summed E-state index contributed by atoms with van der Waals surface area (Å²) < 4.78 is 0. The predicted molar refractivity (Wildman–Crippen MR) is 90.4 cm³/mol. The van der Waals surface area contributed by atoms with Crippen LogP contribution in [0.5, 0.6) is 0 Å². The van der Waals surface area contributed by atoms with Gasteiger partial charge in [0.05, 0.1) is 11.9 Å². The van der Waals surface area contributed by atoms with Crippen LogP contribution in [-0.2, 0) is 12.1 Å². The third-order valence-electron chi connectivity index (χ3n) is 4.67. The van der Waals surface area contributed by atoms with Crippen LogP contribution in [0.1, 0.15) is 47.5 Å². The second-order valence-corrected chi connectivity index (χ2v) is 6.79. The zero-order valence-corrected chi connectivity index (χ0v) is 14.7. The normalized spacial score (nSPS) is 21.2. The van der Waals surface area contributed by atoms with Crippen molar-refractivity contribution in [3.8, 4) is 0 Å². The van der Waals surface area contributed by atoms with Crippen molar-refractivity contribution in [1.82, 2.24) is 29.7 Å². The summed E-state index contributed by atoms with van der Waals surface area (Å²) in [7, 11) is 3.47. The molecule has 0 bridgehead atoms. The number of rotatable bonds is 4. The van der Waals surface area contributed by atoms with Gasteiger partial charge in [-0.1, -0.05) is 0 Å². The number of H-pyrrole nitrogens is 1. The molecule has 2 aromatic rings. The molecule has 1 aliphatic rings. The highest BCUT2D eigenvalue weighted by Crippen LogP contribution is 2.37. The van der Waals surface area contributed by atoms with Crippen molar-refractivity contribution in [2.75, 3.05) is 20.6 Å². The van der Waals surface area contributed by atoms with Crippen LogP contribution in [0.25, 0.3) is 0 Å². The fourth-order valence-electron chi connectivity index (χ4n) is 3.25. The van der Waals surface area contributed by atoms with Gasteiger partial charge in [0.1, 0.15) is 11.5 Å². The van der Waals surface area contributed by atoms with E-state index >= 15 is 0 Å². The Morgan fingerprint density at radius 1 is 1.42 bits per heavy atom. The molecule has 1 N–H and O–H groups in total. The summed E-state index contributed by atoms with van der Waals surface area (Å²) in [6.07, 6.45) is 5.59. The van der Waals surface area contributed by atoms with E-state index in [-0.39, 0.29) is 11.4 Å². The summed E-state index contributed by atoms with van der Waals surface area (Å²) in [5.74, 6) is 0.633. The molecule has 0 aliphatic carbocycles. The molecule has 0 radical (unpaired) electrons. The Hall–Kier alpha value is -2.28. The smallest absolute Gasteiger partial charge is 0.272 e. The topological polar surface area (TPSA) is 78.0 Å². The summed E-state index contributed by atoms with van der Waals surface area (Å²) in [5, 5.41) is 0. The van der Waals surface area contributed by atoms with Crippen molar-refractivity contribution >= 4 is 5.91 Å². The van der Waals surface area contributed by atoms with E-state index in [1.807, 2.05) is 13.1 Å². The van der Waals surface area contributed by atoms with Crippen molar-refractivity contribution in [2.24, 2.45) is 0 Å². The van der Waals surface area contributed by atoms with Crippen LogP contribution in [0.3, 0.4) is 0 Å². The molecule has 1 amide bonds. The fourth-order valence-corrected chi connectivity index (χ4v) is 3.25. The Balaban J connectivity index is 1.95. The number of likely N-dealkylation sites (tertiary alicyclic amines) is 1. The van der Waals surface area contributed by atoms with E-state index in [0.29, 0.717) is 5.69 Å². The third kappa shape index (κ3) is 3.03. The predicted octanol–water partition coefficient (Wildman–Crippen LogP) is 1.72. The summed E-state index contributed by atoms with van der Waals surface area (Å²) in [4.78, 5) is 32.7. The summed E-state index contributed by atoms with van der Waals surface area (Å²) in [5.41, 5.74) is 2.07. The zero-order chi connectivity index (χ0) is 17.3. The Kier molecular flexibility index (Phi) is 4.36. The minimum Gasteiger partial charge on any atom is -0.347 e. The highest BCUT2D eigenvalue weighted by molar-refractivity contribution is 5.92. The average Bonchev–Trinajstić information content (AvgIpc) is 3.17. The monoisotopic (exact) mass is 328 g/mol. The van der Waals surface area contributed by atoms with Gasteiger partial charge >= 0.3 is 0 Å². The van der Waals surface area contributed by atoms with Gasteiger partial charge in [-0.3, -0.25) is 9.69 Å². The number of carbonyl (C=O) groups excluding carboxylic acids is 1. The maximum absolute atomic E-state index is 12.3. The number of carbonyl (C=O) groups is 1. The van der Waals surface area contributed by atoms with Gasteiger partial charge in [0, 0.05) is 38.2 Å². The van der Waals surface area contributed by atoms with Crippen LogP contribution in [0.4, 0.5) is 0 Å². The minimum absolute atomic E-state index is 0.0940. The molecule has 0 spiro atoms. The van der Waals surface area contributed by atoms with Crippen LogP contribution in [-0.4, -0.2) is 56.3 Å². The van der Waals surface area contributed by atoms with E-state index in [0.717, 1.165) is 43.1 Å². The molecule has 128 valence electrons. The second kappa shape index (κ2) is 6.32. The maximum Gasteiger partial charge on any atom is 0.272 e. The van der Waals surface area contributed by atoms with Gasteiger partial charge in [0.2, 0.25) is 0 Å². The Bertz CT molecular complexity index is 727. The number of nitrogens with one attached hydrogen (secondary N) is 1. The number of aromatic amines is 1. The van der Waals surface area contributed by atoms with E-state index in [1.165, 1.54) is 0 Å². The first-order chi connectivity index (χ1) is 11.4. The number of aromatic nitrogens is 4. The van der Waals surface area contributed by atoms with Crippen molar-refractivity contribution in [3.63, 3.8) is 0 Å². The fraction of sp³-hybridized carbons (Fsp3) is 0.529. The molecule has 7 heteroatoms. The van der Waals surface area contributed by atoms with Crippen LogP contribution < -0.4 is 0 Å². The standard InChI is InChI=1S/C17H24N6O/c1-12-8-14(15(24)22(3)4)21-16(20-12)17(2)6-5-7-23(17)10-13-9-18-11-19-13/h8-9,11H,5-7,10H2,1-4H3,(H,18,19)/t17-/m0/s1. The molecule has 1 atom stereocenters. The summed E-state index contributed by atoms with van der Waals surface area (Å²) in [6, 6.07) is 1.75. The number of aryl methyl sites for hydroxylation is 1. The number of hydrogen-bond donors (Lipinski definition) is 1. The van der Waals surface area contributed by atoms with E-state index in [1.54, 1.807) is 31.4 Å². The molecular formula is C17H24N6O. The van der Waals surface area contributed by atoms with Gasteiger partial charge in [-0.2, -0.15) is 0 Å². The first kappa shape index (κ1) is 16.6. The Morgan fingerprint density at radius 2 is 2.21 bits per heavy atom. The number of nitrogens with zero attached hydrogens (tertiary/aromatic N) is 5. The lowest BCUT2D eigenvalue weighted by atomic mass is 9.97. The molecule has 3 heterocycles. The molecule has 1 saturated heterocycles. The van der Waals surface area contributed by atoms with Crippen molar-refractivity contribution in [1.29, 1.82) is 0 Å². The maximum atomic E-state index is 12.3. The zero-order valence-electron chi connectivity index (χ0n) is 14.7. The third-order valence-corrected chi connectivity index (χ3v) is 4.67. The molecule has 0 aromatic carbocycles. The molecular weight excluding hydrogens is 304 g/mol. The van der Waals surface area contributed by atoms with E-state index in [2.05, 4.69) is 31.8 Å². The largest absolute Gasteiger partial charge is 0.347 e. The molecule has 0 saturated carbocycles. The van der Waals surface area contributed by atoms with Crippen molar-refractivity contribution in [2.45, 2.75) is 38.8 Å². The highest BCUT2D eigenvalue weighted by atomic mass is 16.2. The van der Waals surface area contributed by atoms with Gasteiger partial charge in [0.25, 0.3) is 5.91 Å². The number of imidazole rings is 1. The van der Waals surface area contributed by atoms with Gasteiger partial charge < -0.3 is 9.88 Å². The van der Waals surface area contributed by atoms with E-state index in [4.69, 9.17) is 0 Å². The first-order valence-electron chi connectivity index (χ1n) is 8.20. The van der Waals surface area contributed by atoms with Crippen LogP contribution >= 0.6 is 0 Å². The van der Waals surface area contributed by atoms with Crippen molar-refractivity contribution < 1.29 is 4.79 Å². The summed E-state index contributed by atoms with van der Waals surface area (Å²) in [6.45, 7) is 5.82.